The minimum absolute atomic E-state index is 0.0709. The molecule has 0 spiro atoms. The summed E-state index contributed by atoms with van der Waals surface area (Å²) in [4.78, 5) is 17.6. The number of carbonyl (C=O) groups excluding carboxylic acids is 1. The summed E-state index contributed by atoms with van der Waals surface area (Å²) in [6.45, 7) is 0. The van der Waals surface area contributed by atoms with Crippen molar-refractivity contribution in [1.82, 2.24) is 19.9 Å². The predicted molar refractivity (Wildman–Crippen MR) is 98.9 cm³/mol. The van der Waals surface area contributed by atoms with Crippen LogP contribution in [0.3, 0.4) is 0 Å². The zero-order chi connectivity index (χ0) is 17.8. The minimum atomic E-state index is -0.0709. The van der Waals surface area contributed by atoms with Crippen LogP contribution in [0.25, 0.3) is 10.7 Å². The molecule has 0 radical (unpaired) electrons. The van der Waals surface area contributed by atoms with E-state index in [0.717, 1.165) is 23.5 Å². The minimum Gasteiger partial charge on any atom is -0.339 e. The first-order valence-electron chi connectivity index (χ1n) is 8.99. The molecule has 0 aromatic carbocycles. The lowest BCUT2D eigenvalue weighted by atomic mass is 9.96. The molecule has 0 aliphatic heterocycles. The summed E-state index contributed by atoms with van der Waals surface area (Å²) in [6, 6.07) is 6.13. The van der Waals surface area contributed by atoms with Gasteiger partial charge in [0.05, 0.1) is 17.1 Å². The Morgan fingerprint density at radius 3 is 3.00 bits per heavy atom. The number of thiophene rings is 1. The van der Waals surface area contributed by atoms with Gasteiger partial charge in [-0.2, -0.15) is 10.1 Å². The van der Waals surface area contributed by atoms with Gasteiger partial charge in [-0.1, -0.05) is 30.5 Å². The standard InChI is InChI=1S/C18H21N5O2S/c24-16(8-9-17-21-18(22-25-17)14-7-4-12-26-14)20-15-10-11-19-23(15)13-5-2-1-3-6-13/h4,7,10-13H,1-3,5-6,8-9H2,(H,20,24). The molecular formula is C18H21N5O2S. The lowest BCUT2D eigenvalue weighted by Crippen LogP contribution is -2.20. The first kappa shape index (κ1) is 17.0. The third-order valence-corrected chi connectivity index (χ3v) is 5.50. The van der Waals surface area contributed by atoms with Crippen molar-refractivity contribution < 1.29 is 9.32 Å². The molecule has 3 heterocycles. The van der Waals surface area contributed by atoms with Gasteiger partial charge < -0.3 is 9.84 Å². The van der Waals surface area contributed by atoms with Crippen molar-refractivity contribution in [3.05, 3.63) is 35.7 Å². The van der Waals surface area contributed by atoms with Crippen LogP contribution in [0.4, 0.5) is 5.82 Å². The van der Waals surface area contributed by atoms with Gasteiger partial charge in [-0.15, -0.1) is 11.3 Å². The van der Waals surface area contributed by atoms with Crippen LogP contribution in [0.1, 0.15) is 50.5 Å². The van der Waals surface area contributed by atoms with Crippen LogP contribution in [0.15, 0.2) is 34.3 Å². The summed E-state index contributed by atoms with van der Waals surface area (Å²) < 4.78 is 7.20. The Morgan fingerprint density at radius 1 is 1.31 bits per heavy atom. The highest BCUT2D eigenvalue weighted by Gasteiger charge is 2.19. The number of carbonyl (C=O) groups is 1. The number of hydrogen-bond donors (Lipinski definition) is 1. The van der Waals surface area contributed by atoms with Gasteiger partial charge in [0.1, 0.15) is 5.82 Å². The molecule has 7 nitrogen and oxygen atoms in total. The molecule has 1 fully saturated rings. The molecule has 26 heavy (non-hydrogen) atoms. The Labute approximate surface area is 155 Å². The summed E-state index contributed by atoms with van der Waals surface area (Å²) in [5.74, 6) is 1.75. The van der Waals surface area contributed by atoms with Crippen molar-refractivity contribution in [2.45, 2.75) is 51.0 Å². The van der Waals surface area contributed by atoms with E-state index in [1.807, 2.05) is 28.3 Å². The molecule has 1 saturated carbocycles. The maximum absolute atomic E-state index is 12.3. The van der Waals surface area contributed by atoms with Crippen molar-refractivity contribution in [3.63, 3.8) is 0 Å². The van der Waals surface area contributed by atoms with Gasteiger partial charge >= 0.3 is 0 Å². The van der Waals surface area contributed by atoms with Crippen molar-refractivity contribution in [2.75, 3.05) is 5.32 Å². The molecule has 8 heteroatoms. The second-order valence-corrected chi connectivity index (χ2v) is 7.44. The van der Waals surface area contributed by atoms with Crippen LogP contribution >= 0.6 is 11.3 Å². The van der Waals surface area contributed by atoms with Crippen molar-refractivity contribution >= 4 is 23.1 Å². The van der Waals surface area contributed by atoms with Gasteiger partial charge in [0.25, 0.3) is 0 Å². The second-order valence-electron chi connectivity index (χ2n) is 6.49. The average molecular weight is 371 g/mol. The summed E-state index contributed by atoms with van der Waals surface area (Å²) in [5, 5.41) is 13.3. The third kappa shape index (κ3) is 3.85. The van der Waals surface area contributed by atoms with Gasteiger partial charge in [-0.3, -0.25) is 4.79 Å². The Kier molecular flexibility index (Phi) is 5.10. The smallest absolute Gasteiger partial charge is 0.227 e. The number of aromatic nitrogens is 4. The molecule has 0 saturated heterocycles. The van der Waals surface area contributed by atoms with E-state index < -0.39 is 0 Å². The monoisotopic (exact) mass is 371 g/mol. The first-order chi connectivity index (χ1) is 12.8. The summed E-state index contributed by atoms with van der Waals surface area (Å²) in [6.07, 6.45) is 8.44. The lowest BCUT2D eigenvalue weighted by molar-refractivity contribution is -0.116. The van der Waals surface area contributed by atoms with E-state index in [9.17, 15) is 4.79 Å². The van der Waals surface area contributed by atoms with Crippen LogP contribution in [0.2, 0.25) is 0 Å². The summed E-state index contributed by atoms with van der Waals surface area (Å²) >= 11 is 1.56. The molecule has 4 rings (SSSR count). The van der Waals surface area contributed by atoms with E-state index in [-0.39, 0.29) is 5.91 Å². The zero-order valence-corrected chi connectivity index (χ0v) is 15.2. The van der Waals surface area contributed by atoms with Crippen LogP contribution in [-0.4, -0.2) is 25.8 Å². The van der Waals surface area contributed by atoms with Gasteiger partial charge in [0, 0.05) is 18.9 Å². The highest BCUT2D eigenvalue weighted by Crippen LogP contribution is 2.30. The highest BCUT2D eigenvalue weighted by molar-refractivity contribution is 7.13. The molecule has 1 amide bonds. The Morgan fingerprint density at radius 2 is 2.19 bits per heavy atom. The molecule has 1 aliphatic rings. The Balaban J connectivity index is 1.33. The Hall–Kier alpha value is -2.48. The van der Waals surface area contributed by atoms with Gasteiger partial charge in [-0.05, 0) is 24.3 Å². The number of nitrogens with one attached hydrogen (secondary N) is 1. The number of aryl methyl sites for hydroxylation is 1. The number of anilines is 1. The first-order valence-corrected chi connectivity index (χ1v) is 9.87. The van der Waals surface area contributed by atoms with Crippen LogP contribution in [-0.2, 0) is 11.2 Å². The molecule has 0 atom stereocenters. The fourth-order valence-corrected chi connectivity index (χ4v) is 3.97. The van der Waals surface area contributed by atoms with E-state index in [2.05, 4.69) is 20.6 Å². The molecule has 1 aliphatic carbocycles. The van der Waals surface area contributed by atoms with E-state index in [1.165, 1.54) is 19.3 Å². The molecule has 3 aromatic heterocycles. The molecular weight excluding hydrogens is 350 g/mol. The van der Waals surface area contributed by atoms with Gasteiger partial charge in [0.2, 0.25) is 17.6 Å². The quantitative estimate of drug-likeness (QED) is 0.706. The van der Waals surface area contributed by atoms with E-state index in [1.54, 1.807) is 17.5 Å². The highest BCUT2D eigenvalue weighted by atomic mass is 32.1. The van der Waals surface area contributed by atoms with Crippen molar-refractivity contribution in [1.29, 1.82) is 0 Å². The SMILES string of the molecule is O=C(CCc1nc(-c2cccs2)no1)Nc1ccnn1C1CCCCC1. The Bertz CT molecular complexity index is 849. The third-order valence-electron chi connectivity index (χ3n) is 4.63. The van der Waals surface area contributed by atoms with Crippen LogP contribution < -0.4 is 5.32 Å². The van der Waals surface area contributed by atoms with E-state index >= 15 is 0 Å². The topological polar surface area (TPSA) is 85.8 Å². The second kappa shape index (κ2) is 7.82. The number of amides is 1. The maximum Gasteiger partial charge on any atom is 0.227 e. The van der Waals surface area contributed by atoms with Crippen molar-refractivity contribution in [3.8, 4) is 10.7 Å². The molecule has 1 N–H and O–H groups in total. The summed E-state index contributed by atoms with van der Waals surface area (Å²) in [5.41, 5.74) is 0. The van der Waals surface area contributed by atoms with E-state index in [4.69, 9.17) is 4.52 Å². The maximum atomic E-state index is 12.3. The average Bonchev–Trinajstić information content (AvgIpc) is 3.41. The normalized spacial score (nSPS) is 15.2. The fraction of sp³-hybridized carbons (Fsp3) is 0.444. The molecule has 3 aromatic rings. The molecule has 0 bridgehead atoms. The largest absolute Gasteiger partial charge is 0.339 e. The number of hydrogen-bond acceptors (Lipinski definition) is 6. The number of rotatable bonds is 6. The van der Waals surface area contributed by atoms with Crippen LogP contribution in [0, 0.1) is 0 Å². The molecule has 136 valence electrons. The van der Waals surface area contributed by atoms with Crippen LogP contribution in [0.5, 0.6) is 0 Å². The summed E-state index contributed by atoms with van der Waals surface area (Å²) in [7, 11) is 0. The molecule has 0 unspecified atom stereocenters. The lowest BCUT2D eigenvalue weighted by Gasteiger charge is -2.23. The van der Waals surface area contributed by atoms with Gasteiger partial charge in [0.15, 0.2) is 0 Å². The fourth-order valence-electron chi connectivity index (χ4n) is 3.32. The van der Waals surface area contributed by atoms with E-state index in [0.29, 0.717) is 30.6 Å². The number of nitrogens with zero attached hydrogens (tertiary/aromatic N) is 4. The zero-order valence-electron chi connectivity index (χ0n) is 14.4. The predicted octanol–water partition coefficient (Wildman–Crippen LogP) is 4.07. The van der Waals surface area contributed by atoms with Gasteiger partial charge in [-0.25, -0.2) is 4.68 Å². The van der Waals surface area contributed by atoms with Crippen molar-refractivity contribution in [2.24, 2.45) is 0 Å².